The first-order valence-electron chi connectivity index (χ1n) is 10.7. The molecule has 1 unspecified atom stereocenters. The van der Waals surface area contributed by atoms with Crippen LogP contribution < -0.4 is 0 Å². The normalized spacial score (nSPS) is 18.3. The molecule has 4 nitrogen and oxygen atoms in total. The number of nitrogens with zero attached hydrogens (tertiary/aromatic N) is 2. The predicted octanol–water partition coefficient (Wildman–Crippen LogP) is 6.62. The van der Waals surface area contributed by atoms with E-state index in [1.807, 2.05) is 0 Å². The maximum Gasteiger partial charge on any atom is 0.306 e. The molecule has 0 aliphatic carbocycles. The highest BCUT2D eigenvalue weighted by Crippen LogP contribution is 2.40. The lowest BCUT2D eigenvalue weighted by atomic mass is 9.84. The molecule has 1 atom stereocenters. The Morgan fingerprint density at radius 1 is 1.33 bits per heavy atom. The van der Waals surface area contributed by atoms with Crippen molar-refractivity contribution in [2.24, 2.45) is 10.4 Å². The Labute approximate surface area is 195 Å². The third-order valence-electron chi connectivity index (χ3n) is 6.01. The van der Waals surface area contributed by atoms with Crippen molar-refractivity contribution in [3.63, 3.8) is 0 Å². The standard InChI is InChI=1S/C23H34N2O2S3/c1-6-17(4)18-11-9-10-12-19(18)24-21-25(15-23(7-2,8-3)16-30-21)22(28)29-14-13-20(26)27-5/h9-12,17H,6-8,13-16H2,1-5H3. The number of hydrogen-bond acceptors (Lipinski definition) is 6. The number of benzene rings is 1. The summed E-state index contributed by atoms with van der Waals surface area (Å²) < 4.78 is 5.54. The zero-order valence-corrected chi connectivity index (χ0v) is 21.2. The third-order valence-corrected chi connectivity index (χ3v) is 8.78. The minimum atomic E-state index is -0.203. The van der Waals surface area contributed by atoms with E-state index in [0.29, 0.717) is 18.1 Å². The molecule has 0 spiro atoms. The van der Waals surface area contributed by atoms with Crippen molar-refractivity contribution in [2.45, 2.75) is 59.3 Å². The fourth-order valence-electron chi connectivity index (χ4n) is 3.39. The molecule has 1 aliphatic heterocycles. The number of thioether (sulfide) groups is 2. The third kappa shape index (κ3) is 6.47. The van der Waals surface area contributed by atoms with Gasteiger partial charge in [-0.1, -0.05) is 81.6 Å². The summed E-state index contributed by atoms with van der Waals surface area (Å²) in [6, 6.07) is 8.41. The molecule has 2 rings (SSSR count). The molecule has 30 heavy (non-hydrogen) atoms. The number of carbonyl (C=O) groups is 1. The number of rotatable bonds is 8. The van der Waals surface area contributed by atoms with Crippen LogP contribution in [0.2, 0.25) is 0 Å². The molecule has 0 radical (unpaired) electrons. The van der Waals surface area contributed by atoms with E-state index in [2.05, 4.69) is 56.9 Å². The molecule has 0 N–H and O–H groups in total. The van der Waals surface area contributed by atoms with Crippen LogP contribution in [0.1, 0.15) is 64.9 Å². The second-order valence-electron chi connectivity index (χ2n) is 7.78. The Kier molecular flexibility index (Phi) is 10.2. The van der Waals surface area contributed by atoms with E-state index < -0.39 is 0 Å². The lowest BCUT2D eigenvalue weighted by Gasteiger charge is -2.42. The highest BCUT2D eigenvalue weighted by molar-refractivity contribution is 8.23. The maximum absolute atomic E-state index is 11.5. The van der Waals surface area contributed by atoms with Gasteiger partial charge in [0.15, 0.2) is 5.17 Å². The van der Waals surface area contributed by atoms with E-state index >= 15 is 0 Å². The lowest BCUT2D eigenvalue weighted by molar-refractivity contribution is -0.140. The van der Waals surface area contributed by atoms with Gasteiger partial charge >= 0.3 is 5.97 Å². The molecular formula is C23H34N2O2S3. The van der Waals surface area contributed by atoms with Crippen LogP contribution in [0.5, 0.6) is 0 Å². The Bertz CT molecular complexity index is 763. The first kappa shape index (κ1) is 25.2. The zero-order chi connectivity index (χ0) is 22.1. The van der Waals surface area contributed by atoms with Crippen LogP contribution in [0.4, 0.5) is 5.69 Å². The van der Waals surface area contributed by atoms with Gasteiger partial charge in [0.2, 0.25) is 0 Å². The Hall–Kier alpha value is -1.05. The average Bonchev–Trinajstić information content (AvgIpc) is 2.79. The van der Waals surface area contributed by atoms with Crippen molar-refractivity contribution in [1.29, 1.82) is 0 Å². The Morgan fingerprint density at radius 2 is 2.03 bits per heavy atom. The van der Waals surface area contributed by atoms with Crippen LogP contribution in [0.3, 0.4) is 0 Å². The summed E-state index contributed by atoms with van der Waals surface area (Å²) in [5.41, 5.74) is 2.54. The fraction of sp³-hybridized carbons (Fsp3) is 0.609. The van der Waals surface area contributed by atoms with E-state index in [-0.39, 0.29) is 11.4 Å². The van der Waals surface area contributed by atoms with Crippen molar-refractivity contribution in [3.8, 4) is 0 Å². The number of methoxy groups -OCH3 is 1. The maximum atomic E-state index is 11.5. The number of ether oxygens (including phenoxy) is 1. The Morgan fingerprint density at radius 3 is 2.67 bits per heavy atom. The van der Waals surface area contributed by atoms with Crippen LogP contribution in [0.25, 0.3) is 0 Å². The van der Waals surface area contributed by atoms with Crippen LogP contribution in [0, 0.1) is 5.41 Å². The van der Waals surface area contributed by atoms with Crippen molar-refractivity contribution in [1.82, 2.24) is 4.90 Å². The molecule has 7 heteroatoms. The van der Waals surface area contributed by atoms with Gasteiger partial charge < -0.3 is 9.64 Å². The van der Waals surface area contributed by atoms with E-state index in [1.54, 1.807) is 23.5 Å². The summed E-state index contributed by atoms with van der Waals surface area (Å²) >= 11 is 9.15. The van der Waals surface area contributed by atoms with Crippen LogP contribution in [-0.4, -0.2) is 45.5 Å². The minimum absolute atomic E-state index is 0.203. The lowest BCUT2D eigenvalue weighted by Crippen LogP contribution is -2.47. The number of para-hydroxylation sites is 1. The SMILES string of the molecule is CCC(C)c1ccccc1N=C1SCC(CC)(CC)CN1C(=S)SCCC(=O)OC. The first-order chi connectivity index (χ1) is 14.4. The molecule has 0 amide bonds. The van der Waals surface area contributed by atoms with Gasteiger partial charge in [0, 0.05) is 18.1 Å². The second kappa shape index (κ2) is 12.1. The summed E-state index contributed by atoms with van der Waals surface area (Å²) in [4.78, 5) is 18.8. The van der Waals surface area contributed by atoms with E-state index in [0.717, 1.165) is 46.7 Å². The summed E-state index contributed by atoms with van der Waals surface area (Å²) in [5, 5.41) is 0.971. The minimum Gasteiger partial charge on any atom is -0.469 e. The van der Waals surface area contributed by atoms with Gasteiger partial charge in [-0.05, 0) is 42.2 Å². The van der Waals surface area contributed by atoms with Gasteiger partial charge in [0.1, 0.15) is 4.32 Å². The molecule has 1 aromatic carbocycles. The molecular weight excluding hydrogens is 432 g/mol. The molecule has 166 valence electrons. The average molecular weight is 467 g/mol. The molecule has 1 saturated heterocycles. The molecule has 1 heterocycles. The first-order valence-corrected chi connectivity index (χ1v) is 13.1. The van der Waals surface area contributed by atoms with Gasteiger partial charge in [0.05, 0.1) is 19.2 Å². The summed E-state index contributed by atoms with van der Waals surface area (Å²) in [7, 11) is 1.42. The number of amidine groups is 1. The van der Waals surface area contributed by atoms with Gasteiger partial charge in [-0.25, -0.2) is 4.99 Å². The zero-order valence-electron chi connectivity index (χ0n) is 18.8. The topological polar surface area (TPSA) is 41.9 Å². The molecule has 1 fully saturated rings. The quantitative estimate of drug-likeness (QED) is 0.317. The van der Waals surface area contributed by atoms with E-state index in [9.17, 15) is 4.79 Å². The molecule has 1 aromatic rings. The van der Waals surface area contributed by atoms with Gasteiger partial charge in [-0.2, -0.15) is 0 Å². The largest absolute Gasteiger partial charge is 0.469 e. The van der Waals surface area contributed by atoms with Gasteiger partial charge in [-0.15, -0.1) is 0 Å². The number of aliphatic imine (C=N–C) groups is 1. The molecule has 0 bridgehead atoms. The summed E-state index contributed by atoms with van der Waals surface area (Å²) in [6.45, 7) is 9.85. The highest BCUT2D eigenvalue weighted by Gasteiger charge is 2.37. The number of esters is 1. The molecule has 0 aromatic heterocycles. The molecule has 1 aliphatic rings. The van der Waals surface area contributed by atoms with Crippen LogP contribution in [0.15, 0.2) is 29.3 Å². The monoisotopic (exact) mass is 466 g/mol. The molecule has 0 saturated carbocycles. The number of carbonyl (C=O) groups excluding carboxylic acids is 1. The highest BCUT2D eigenvalue weighted by atomic mass is 32.2. The van der Waals surface area contributed by atoms with Crippen molar-refractivity contribution >= 4 is 56.9 Å². The smallest absolute Gasteiger partial charge is 0.306 e. The van der Waals surface area contributed by atoms with Gasteiger partial charge in [-0.3, -0.25) is 4.79 Å². The summed E-state index contributed by atoms with van der Waals surface area (Å²) in [5.74, 6) is 1.93. The van der Waals surface area contributed by atoms with Crippen molar-refractivity contribution in [2.75, 3.05) is 25.2 Å². The van der Waals surface area contributed by atoms with Crippen molar-refractivity contribution < 1.29 is 9.53 Å². The van der Waals surface area contributed by atoms with Gasteiger partial charge in [0.25, 0.3) is 0 Å². The van der Waals surface area contributed by atoms with Crippen molar-refractivity contribution in [3.05, 3.63) is 29.8 Å². The van der Waals surface area contributed by atoms with E-state index in [1.165, 1.54) is 12.7 Å². The summed E-state index contributed by atoms with van der Waals surface area (Å²) in [6.07, 6.45) is 3.66. The van der Waals surface area contributed by atoms with Crippen LogP contribution in [-0.2, 0) is 9.53 Å². The number of thiocarbonyl (C=S) groups is 1. The predicted molar refractivity (Wildman–Crippen MR) is 136 cm³/mol. The van der Waals surface area contributed by atoms with E-state index in [4.69, 9.17) is 21.9 Å². The fourth-order valence-corrected chi connectivity index (χ4v) is 6.06. The Balaban J connectivity index is 2.31. The van der Waals surface area contributed by atoms with Crippen LogP contribution >= 0.6 is 35.7 Å². The second-order valence-corrected chi connectivity index (χ2v) is 10.5. The number of hydrogen-bond donors (Lipinski definition) is 0.